The van der Waals surface area contributed by atoms with E-state index in [1.807, 2.05) is 19.1 Å². The van der Waals surface area contributed by atoms with Gasteiger partial charge >= 0.3 is 0 Å². The van der Waals surface area contributed by atoms with E-state index in [1.54, 1.807) is 24.3 Å². The molecule has 0 aromatic heterocycles. The van der Waals surface area contributed by atoms with Crippen molar-refractivity contribution in [1.29, 1.82) is 0 Å². The van der Waals surface area contributed by atoms with Gasteiger partial charge in [-0.3, -0.25) is 4.79 Å². The topological polar surface area (TPSA) is 61.7 Å². The van der Waals surface area contributed by atoms with E-state index in [2.05, 4.69) is 10.5 Å². The number of phenolic OH excluding ortho intramolecular Hbond substituents is 1. The molecular formula is C16H15ClN2O2. The van der Waals surface area contributed by atoms with Crippen LogP contribution in [-0.4, -0.2) is 16.7 Å². The normalized spacial score (nSPS) is 11.2. The molecule has 21 heavy (non-hydrogen) atoms. The van der Waals surface area contributed by atoms with Crippen molar-refractivity contribution in [2.24, 2.45) is 5.10 Å². The lowest BCUT2D eigenvalue weighted by Gasteiger charge is -2.06. The summed E-state index contributed by atoms with van der Waals surface area (Å²) in [5.74, 6) is -0.535. The Balaban J connectivity index is 2.19. The summed E-state index contributed by atoms with van der Waals surface area (Å²) in [6.45, 7) is 1.94. The van der Waals surface area contributed by atoms with E-state index in [0.717, 1.165) is 5.56 Å². The van der Waals surface area contributed by atoms with E-state index < -0.39 is 5.91 Å². The maximum atomic E-state index is 12.0. The van der Waals surface area contributed by atoms with Gasteiger partial charge in [-0.15, -0.1) is 0 Å². The summed E-state index contributed by atoms with van der Waals surface area (Å²) in [5.41, 5.74) is 4.20. The van der Waals surface area contributed by atoms with Crippen molar-refractivity contribution in [2.75, 3.05) is 0 Å². The first-order valence-electron chi connectivity index (χ1n) is 6.52. The lowest BCUT2D eigenvalue weighted by atomic mass is 10.1. The maximum Gasteiger partial charge on any atom is 0.275 e. The smallest absolute Gasteiger partial charge is 0.275 e. The Hall–Kier alpha value is -2.33. The van der Waals surface area contributed by atoms with Gasteiger partial charge in [0.15, 0.2) is 0 Å². The number of amides is 1. The van der Waals surface area contributed by atoms with E-state index in [4.69, 9.17) is 11.6 Å². The van der Waals surface area contributed by atoms with E-state index in [1.165, 1.54) is 12.1 Å². The number of benzene rings is 2. The fourth-order valence-electron chi connectivity index (χ4n) is 1.86. The maximum absolute atomic E-state index is 12.0. The van der Waals surface area contributed by atoms with Crippen molar-refractivity contribution in [3.63, 3.8) is 0 Å². The Morgan fingerprint density at radius 3 is 2.67 bits per heavy atom. The molecule has 4 nitrogen and oxygen atoms in total. The third-order valence-corrected chi connectivity index (χ3v) is 3.17. The largest absolute Gasteiger partial charge is 0.507 e. The highest BCUT2D eigenvalue weighted by Crippen LogP contribution is 2.16. The minimum atomic E-state index is -0.457. The number of hydrogen-bond acceptors (Lipinski definition) is 3. The van der Waals surface area contributed by atoms with Gasteiger partial charge < -0.3 is 5.11 Å². The van der Waals surface area contributed by atoms with Crippen LogP contribution >= 0.6 is 11.6 Å². The Bertz CT molecular complexity index is 683. The molecule has 0 spiro atoms. The second-order valence-corrected chi connectivity index (χ2v) is 4.82. The second kappa shape index (κ2) is 6.90. The molecule has 2 rings (SSSR count). The molecule has 0 bridgehead atoms. The Morgan fingerprint density at radius 1 is 1.24 bits per heavy atom. The fourth-order valence-corrected chi connectivity index (χ4v) is 2.05. The van der Waals surface area contributed by atoms with Crippen molar-refractivity contribution < 1.29 is 9.90 Å². The molecule has 0 saturated heterocycles. The second-order valence-electron chi connectivity index (χ2n) is 4.38. The monoisotopic (exact) mass is 302 g/mol. The quantitative estimate of drug-likeness (QED) is 0.669. The summed E-state index contributed by atoms with van der Waals surface area (Å²) in [4.78, 5) is 12.0. The van der Waals surface area contributed by atoms with Crippen LogP contribution in [0.1, 0.15) is 29.3 Å². The molecule has 0 aliphatic carbocycles. The number of hydrogen-bond donors (Lipinski definition) is 2. The molecule has 0 atom stereocenters. The first-order chi connectivity index (χ1) is 10.1. The first-order valence-corrected chi connectivity index (χ1v) is 6.90. The minimum absolute atomic E-state index is 0.0778. The Labute approximate surface area is 128 Å². The highest BCUT2D eigenvalue weighted by atomic mass is 35.5. The standard InChI is InChI=1S/C16H15ClN2O2/c1-2-14(11-6-5-7-12(17)10-11)18-19-16(21)13-8-3-4-9-15(13)20/h3-10,20H,2H2,1H3,(H,19,21)/b18-14+. The number of carbonyl (C=O) groups excluding carboxylic acids is 1. The first kappa shape index (κ1) is 15.1. The van der Waals surface area contributed by atoms with Crippen LogP contribution in [0.15, 0.2) is 53.6 Å². The van der Waals surface area contributed by atoms with Crippen LogP contribution in [0, 0.1) is 0 Å². The summed E-state index contributed by atoms with van der Waals surface area (Å²) in [7, 11) is 0. The van der Waals surface area contributed by atoms with Gasteiger partial charge in [0.2, 0.25) is 0 Å². The third-order valence-electron chi connectivity index (χ3n) is 2.93. The Kier molecular flexibility index (Phi) is 4.95. The number of aromatic hydroxyl groups is 1. The molecule has 2 aromatic rings. The number of rotatable bonds is 4. The van der Waals surface area contributed by atoms with Crippen LogP contribution < -0.4 is 5.43 Å². The Morgan fingerprint density at radius 2 is 2.00 bits per heavy atom. The zero-order valence-corrected chi connectivity index (χ0v) is 12.3. The van der Waals surface area contributed by atoms with E-state index in [0.29, 0.717) is 17.2 Å². The summed E-state index contributed by atoms with van der Waals surface area (Å²) in [6.07, 6.45) is 0.640. The van der Waals surface area contributed by atoms with E-state index in [9.17, 15) is 9.90 Å². The van der Waals surface area contributed by atoms with Crippen molar-refractivity contribution in [2.45, 2.75) is 13.3 Å². The van der Waals surface area contributed by atoms with Gasteiger partial charge in [0.25, 0.3) is 5.91 Å². The number of nitrogens with one attached hydrogen (secondary N) is 1. The number of halogens is 1. The lowest BCUT2D eigenvalue weighted by molar-refractivity contribution is 0.0952. The molecule has 0 aliphatic rings. The summed E-state index contributed by atoms with van der Waals surface area (Å²) < 4.78 is 0. The molecule has 2 aromatic carbocycles. The van der Waals surface area contributed by atoms with Gasteiger partial charge in [-0.05, 0) is 36.2 Å². The number of phenols is 1. The van der Waals surface area contributed by atoms with Gasteiger partial charge in [-0.2, -0.15) is 5.10 Å². The van der Waals surface area contributed by atoms with Crippen LogP contribution in [0.2, 0.25) is 5.02 Å². The van der Waals surface area contributed by atoms with Crippen molar-refractivity contribution >= 4 is 23.2 Å². The molecule has 0 fully saturated rings. The number of para-hydroxylation sites is 1. The third kappa shape index (κ3) is 3.83. The zero-order valence-electron chi connectivity index (χ0n) is 11.5. The number of carbonyl (C=O) groups is 1. The SMILES string of the molecule is CC/C(=N\NC(=O)c1ccccc1O)c1cccc(Cl)c1. The summed E-state index contributed by atoms with van der Waals surface area (Å²) >= 11 is 5.95. The fraction of sp³-hybridized carbons (Fsp3) is 0.125. The highest BCUT2D eigenvalue weighted by Gasteiger charge is 2.10. The molecule has 0 saturated carbocycles. The van der Waals surface area contributed by atoms with Crippen LogP contribution in [0.3, 0.4) is 0 Å². The molecule has 0 unspecified atom stereocenters. The van der Waals surface area contributed by atoms with Gasteiger partial charge in [-0.1, -0.05) is 42.8 Å². The summed E-state index contributed by atoms with van der Waals surface area (Å²) in [5, 5.41) is 14.4. The van der Waals surface area contributed by atoms with Crippen LogP contribution in [0.25, 0.3) is 0 Å². The van der Waals surface area contributed by atoms with Crippen LogP contribution in [0.4, 0.5) is 0 Å². The highest BCUT2D eigenvalue weighted by molar-refractivity contribution is 6.31. The molecular weight excluding hydrogens is 288 g/mol. The molecule has 0 aliphatic heterocycles. The van der Waals surface area contributed by atoms with Crippen LogP contribution in [0.5, 0.6) is 5.75 Å². The van der Waals surface area contributed by atoms with Crippen molar-refractivity contribution in [1.82, 2.24) is 5.43 Å². The molecule has 2 N–H and O–H groups in total. The van der Waals surface area contributed by atoms with Crippen LogP contribution in [-0.2, 0) is 0 Å². The zero-order chi connectivity index (χ0) is 15.2. The van der Waals surface area contributed by atoms with Crippen molar-refractivity contribution in [3.8, 4) is 5.75 Å². The molecule has 0 radical (unpaired) electrons. The average Bonchev–Trinajstić information content (AvgIpc) is 2.48. The van der Waals surface area contributed by atoms with E-state index in [-0.39, 0.29) is 11.3 Å². The average molecular weight is 303 g/mol. The number of nitrogens with zero attached hydrogens (tertiary/aromatic N) is 1. The number of hydrazone groups is 1. The van der Waals surface area contributed by atoms with Gasteiger partial charge in [0.05, 0.1) is 11.3 Å². The molecule has 108 valence electrons. The molecule has 1 amide bonds. The molecule has 0 heterocycles. The van der Waals surface area contributed by atoms with Crippen molar-refractivity contribution in [3.05, 3.63) is 64.7 Å². The minimum Gasteiger partial charge on any atom is -0.507 e. The lowest BCUT2D eigenvalue weighted by Crippen LogP contribution is -2.20. The van der Waals surface area contributed by atoms with E-state index >= 15 is 0 Å². The predicted octanol–water partition coefficient (Wildman–Crippen LogP) is 3.59. The molecule has 5 heteroatoms. The summed E-state index contributed by atoms with van der Waals surface area (Å²) in [6, 6.07) is 13.6. The van der Waals surface area contributed by atoms with Gasteiger partial charge in [0, 0.05) is 5.02 Å². The predicted molar refractivity (Wildman–Crippen MR) is 83.9 cm³/mol. The van der Waals surface area contributed by atoms with Gasteiger partial charge in [-0.25, -0.2) is 5.43 Å². The van der Waals surface area contributed by atoms with Gasteiger partial charge in [0.1, 0.15) is 5.75 Å².